The minimum atomic E-state index is -2.95. The largest absolute Gasteiger partial charge is 0.481 e. The normalized spacial score (nSPS) is 10.6. The van der Waals surface area contributed by atoms with E-state index in [1.807, 2.05) is 0 Å². The van der Waals surface area contributed by atoms with Crippen LogP contribution in [0.15, 0.2) is 21.1 Å². The zero-order valence-electron chi connectivity index (χ0n) is 7.71. The molecule has 0 aliphatic heterocycles. The van der Waals surface area contributed by atoms with Gasteiger partial charge in [-0.05, 0) is 33.6 Å². The number of carboxylic acid groups (broad SMARTS) is 1. The SMILES string of the molecule is O=C(O)Cc1c(Br)ccc(OC(F)F)c1Br. The summed E-state index contributed by atoms with van der Waals surface area (Å²) in [7, 11) is 0. The Morgan fingerprint density at radius 2 is 2.06 bits per heavy atom. The van der Waals surface area contributed by atoms with Crippen molar-refractivity contribution in [2.45, 2.75) is 13.0 Å². The number of hydrogen-bond acceptors (Lipinski definition) is 2. The van der Waals surface area contributed by atoms with Crippen LogP contribution < -0.4 is 4.74 Å². The second-order valence-electron chi connectivity index (χ2n) is 2.79. The van der Waals surface area contributed by atoms with Gasteiger partial charge in [0.1, 0.15) is 5.75 Å². The van der Waals surface area contributed by atoms with E-state index < -0.39 is 12.6 Å². The van der Waals surface area contributed by atoms with Crippen molar-refractivity contribution in [2.24, 2.45) is 0 Å². The van der Waals surface area contributed by atoms with Gasteiger partial charge in [0.2, 0.25) is 0 Å². The topological polar surface area (TPSA) is 46.5 Å². The van der Waals surface area contributed by atoms with E-state index in [2.05, 4.69) is 36.6 Å². The van der Waals surface area contributed by atoms with Crippen LogP contribution in [0.1, 0.15) is 5.56 Å². The summed E-state index contributed by atoms with van der Waals surface area (Å²) in [5.41, 5.74) is 0.352. The number of carbonyl (C=O) groups is 1. The highest BCUT2D eigenvalue weighted by Gasteiger charge is 2.16. The summed E-state index contributed by atoms with van der Waals surface area (Å²) >= 11 is 6.18. The van der Waals surface area contributed by atoms with Crippen molar-refractivity contribution in [1.29, 1.82) is 0 Å². The molecule has 0 fully saturated rings. The van der Waals surface area contributed by atoms with Crippen LogP contribution in [0.4, 0.5) is 8.78 Å². The summed E-state index contributed by atoms with van der Waals surface area (Å²) in [6, 6.07) is 2.78. The lowest BCUT2D eigenvalue weighted by molar-refractivity contribution is -0.136. The second kappa shape index (κ2) is 5.58. The van der Waals surface area contributed by atoms with Crippen LogP contribution in [0.5, 0.6) is 5.75 Å². The molecule has 0 saturated carbocycles. The molecule has 0 heterocycles. The van der Waals surface area contributed by atoms with E-state index in [0.717, 1.165) is 0 Å². The molecule has 3 nitrogen and oxygen atoms in total. The van der Waals surface area contributed by atoms with Gasteiger partial charge in [-0.2, -0.15) is 8.78 Å². The van der Waals surface area contributed by atoms with Crippen molar-refractivity contribution in [3.05, 3.63) is 26.6 Å². The summed E-state index contributed by atoms with van der Waals surface area (Å²) in [6.45, 7) is -2.95. The van der Waals surface area contributed by atoms with Gasteiger partial charge in [-0.15, -0.1) is 0 Å². The maximum Gasteiger partial charge on any atom is 0.387 e. The van der Waals surface area contributed by atoms with Gasteiger partial charge in [-0.1, -0.05) is 15.9 Å². The van der Waals surface area contributed by atoms with Crippen molar-refractivity contribution < 1.29 is 23.4 Å². The van der Waals surface area contributed by atoms with E-state index in [1.54, 1.807) is 0 Å². The second-order valence-corrected chi connectivity index (χ2v) is 4.43. The van der Waals surface area contributed by atoms with Crippen molar-refractivity contribution in [3.8, 4) is 5.75 Å². The number of rotatable bonds is 4. The molecule has 0 amide bonds. The molecular formula is C9H6Br2F2O3. The maximum absolute atomic E-state index is 12.0. The maximum atomic E-state index is 12.0. The molecule has 1 aromatic rings. The molecule has 1 rings (SSSR count). The Bertz CT molecular complexity index is 410. The summed E-state index contributed by atoms with van der Waals surface area (Å²) in [4.78, 5) is 10.6. The standard InChI is InChI=1S/C9H6Br2F2O3/c10-5-1-2-6(16-9(12)13)8(11)4(5)3-7(14)15/h1-2,9H,3H2,(H,14,15). The first-order chi connectivity index (χ1) is 7.41. The number of aliphatic carboxylic acids is 1. The van der Waals surface area contributed by atoms with E-state index in [4.69, 9.17) is 5.11 Å². The van der Waals surface area contributed by atoms with Gasteiger partial charge in [0.25, 0.3) is 0 Å². The monoisotopic (exact) mass is 358 g/mol. The molecular weight excluding hydrogens is 354 g/mol. The molecule has 88 valence electrons. The molecule has 0 atom stereocenters. The van der Waals surface area contributed by atoms with Gasteiger partial charge < -0.3 is 9.84 Å². The zero-order chi connectivity index (χ0) is 12.3. The van der Waals surface area contributed by atoms with Gasteiger partial charge in [0, 0.05) is 4.47 Å². The number of alkyl halides is 2. The first-order valence-corrected chi connectivity index (χ1v) is 5.64. The number of carboxylic acids is 1. The fraction of sp³-hybridized carbons (Fsp3) is 0.222. The quantitative estimate of drug-likeness (QED) is 0.895. The predicted molar refractivity (Wildman–Crippen MR) is 59.8 cm³/mol. The lowest BCUT2D eigenvalue weighted by atomic mass is 10.1. The Kier molecular flexibility index (Phi) is 4.67. The molecule has 0 spiro atoms. The number of ether oxygens (including phenoxy) is 1. The Hall–Kier alpha value is -0.690. The minimum absolute atomic E-state index is 0.0885. The minimum Gasteiger partial charge on any atom is -0.481 e. The first kappa shape index (κ1) is 13.4. The van der Waals surface area contributed by atoms with Crippen LogP contribution in [0.25, 0.3) is 0 Å². The molecule has 0 saturated heterocycles. The van der Waals surface area contributed by atoms with Crippen molar-refractivity contribution in [2.75, 3.05) is 0 Å². The highest BCUT2D eigenvalue weighted by molar-refractivity contribution is 9.11. The molecule has 7 heteroatoms. The van der Waals surface area contributed by atoms with Gasteiger partial charge in [-0.3, -0.25) is 4.79 Å². The number of hydrogen-bond donors (Lipinski definition) is 1. The van der Waals surface area contributed by atoms with Crippen LogP contribution in [0, 0.1) is 0 Å². The molecule has 0 unspecified atom stereocenters. The third kappa shape index (κ3) is 3.41. The van der Waals surface area contributed by atoms with E-state index >= 15 is 0 Å². The average Bonchev–Trinajstić information content (AvgIpc) is 2.16. The fourth-order valence-electron chi connectivity index (χ4n) is 1.08. The zero-order valence-corrected chi connectivity index (χ0v) is 10.9. The molecule has 1 aromatic carbocycles. The summed E-state index contributed by atoms with van der Waals surface area (Å²) in [6.07, 6.45) is -0.290. The molecule has 0 aromatic heterocycles. The molecule has 0 aliphatic carbocycles. The van der Waals surface area contributed by atoms with Crippen molar-refractivity contribution in [1.82, 2.24) is 0 Å². The Labute approximate surface area is 107 Å². The Balaban J connectivity index is 3.10. The van der Waals surface area contributed by atoms with E-state index in [-0.39, 0.29) is 16.6 Å². The fourth-order valence-corrected chi connectivity index (χ4v) is 2.39. The van der Waals surface area contributed by atoms with E-state index in [1.165, 1.54) is 12.1 Å². The Morgan fingerprint density at radius 3 is 2.56 bits per heavy atom. The number of halogens is 4. The van der Waals surface area contributed by atoms with Gasteiger partial charge in [0.05, 0.1) is 10.9 Å². The highest BCUT2D eigenvalue weighted by Crippen LogP contribution is 2.35. The smallest absolute Gasteiger partial charge is 0.387 e. The van der Waals surface area contributed by atoms with Crippen LogP contribution in [0.2, 0.25) is 0 Å². The lowest BCUT2D eigenvalue weighted by Gasteiger charge is -2.11. The molecule has 0 radical (unpaired) electrons. The van der Waals surface area contributed by atoms with Gasteiger partial charge >= 0.3 is 12.6 Å². The molecule has 1 N–H and O–H groups in total. The highest BCUT2D eigenvalue weighted by atomic mass is 79.9. The van der Waals surface area contributed by atoms with Gasteiger partial charge in [-0.25, -0.2) is 0 Å². The third-order valence-electron chi connectivity index (χ3n) is 1.69. The van der Waals surface area contributed by atoms with Crippen LogP contribution in [0.3, 0.4) is 0 Å². The predicted octanol–water partition coefficient (Wildman–Crippen LogP) is 3.44. The van der Waals surface area contributed by atoms with Crippen LogP contribution >= 0.6 is 31.9 Å². The summed E-state index contributed by atoms with van der Waals surface area (Å²) in [5.74, 6) is -1.15. The van der Waals surface area contributed by atoms with Crippen LogP contribution in [-0.4, -0.2) is 17.7 Å². The van der Waals surface area contributed by atoms with Crippen molar-refractivity contribution in [3.63, 3.8) is 0 Å². The first-order valence-electron chi connectivity index (χ1n) is 4.05. The average molecular weight is 360 g/mol. The molecule has 16 heavy (non-hydrogen) atoms. The molecule has 0 aliphatic rings. The van der Waals surface area contributed by atoms with E-state index in [0.29, 0.717) is 10.0 Å². The van der Waals surface area contributed by atoms with Gasteiger partial charge in [0.15, 0.2) is 0 Å². The summed E-state index contributed by atoms with van der Waals surface area (Å²) < 4.78 is 29.0. The van der Waals surface area contributed by atoms with Crippen molar-refractivity contribution >= 4 is 37.8 Å². The van der Waals surface area contributed by atoms with E-state index in [9.17, 15) is 13.6 Å². The Morgan fingerprint density at radius 1 is 1.44 bits per heavy atom. The van der Waals surface area contributed by atoms with Crippen LogP contribution in [-0.2, 0) is 11.2 Å². The third-order valence-corrected chi connectivity index (χ3v) is 3.31. The molecule has 0 bridgehead atoms. The lowest BCUT2D eigenvalue weighted by Crippen LogP contribution is -2.06. The summed E-state index contributed by atoms with van der Waals surface area (Å²) in [5, 5.41) is 8.66. The number of benzene rings is 1.